The number of allylic oxidation sites excluding steroid dienone is 2. The lowest BCUT2D eigenvalue weighted by molar-refractivity contribution is -0.119. The highest BCUT2D eigenvalue weighted by atomic mass is 35.5. The Morgan fingerprint density at radius 3 is 2.44 bits per heavy atom. The zero-order valence-corrected chi connectivity index (χ0v) is 15.9. The molecule has 1 amide bonds. The Morgan fingerprint density at radius 2 is 1.74 bits per heavy atom. The fraction of sp³-hybridized carbons (Fsp3) is 0.238. The normalized spacial score (nSPS) is 20.1. The zero-order valence-electron chi connectivity index (χ0n) is 14.3. The lowest BCUT2D eigenvalue weighted by Gasteiger charge is -2.38. The fourth-order valence-corrected chi connectivity index (χ4v) is 4.39. The van der Waals surface area contributed by atoms with Gasteiger partial charge in [-0.05, 0) is 49.2 Å². The molecule has 27 heavy (non-hydrogen) atoms. The number of hydrogen-bond acceptors (Lipinski definition) is 2. The SMILES string of the molecule is O=C1CCCC2=C1C(c1c(F)cccc1Cl)CC(=O)N2c1ccc(Cl)cc1. The number of halogens is 3. The summed E-state index contributed by atoms with van der Waals surface area (Å²) in [7, 11) is 0. The van der Waals surface area contributed by atoms with Crippen LogP contribution in [0.2, 0.25) is 10.0 Å². The van der Waals surface area contributed by atoms with E-state index in [4.69, 9.17) is 23.2 Å². The standard InChI is InChI=1S/C21H16Cl2FNO2/c22-12-7-9-13(10-8-12)25-17-5-2-6-18(26)21(17)14(11-19(25)27)20-15(23)3-1-4-16(20)24/h1,3-4,7-10,14H,2,5-6,11H2. The van der Waals surface area contributed by atoms with E-state index in [2.05, 4.69) is 0 Å². The zero-order chi connectivity index (χ0) is 19.1. The number of rotatable bonds is 2. The van der Waals surface area contributed by atoms with E-state index >= 15 is 0 Å². The molecule has 4 rings (SSSR count). The van der Waals surface area contributed by atoms with Crippen LogP contribution in [-0.2, 0) is 9.59 Å². The van der Waals surface area contributed by atoms with Crippen molar-refractivity contribution in [1.29, 1.82) is 0 Å². The molecule has 1 unspecified atom stereocenters. The number of nitrogens with zero attached hydrogens (tertiary/aromatic N) is 1. The molecule has 1 aliphatic heterocycles. The van der Waals surface area contributed by atoms with Crippen molar-refractivity contribution in [3.8, 4) is 0 Å². The summed E-state index contributed by atoms with van der Waals surface area (Å²) >= 11 is 12.2. The van der Waals surface area contributed by atoms with Gasteiger partial charge in [0.2, 0.25) is 5.91 Å². The second kappa shape index (κ2) is 7.10. The highest BCUT2D eigenvalue weighted by Gasteiger charge is 2.41. The second-order valence-corrected chi connectivity index (χ2v) is 7.58. The summed E-state index contributed by atoms with van der Waals surface area (Å²) in [5.74, 6) is -1.38. The minimum absolute atomic E-state index is 0.00610. The summed E-state index contributed by atoms with van der Waals surface area (Å²) < 4.78 is 14.6. The van der Waals surface area contributed by atoms with E-state index in [1.165, 1.54) is 12.1 Å². The van der Waals surface area contributed by atoms with Gasteiger partial charge < -0.3 is 0 Å². The van der Waals surface area contributed by atoms with Crippen molar-refractivity contribution in [1.82, 2.24) is 0 Å². The molecule has 0 fully saturated rings. The average Bonchev–Trinajstić information content (AvgIpc) is 2.63. The van der Waals surface area contributed by atoms with Crippen LogP contribution in [0, 0.1) is 5.82 Å². The predicted molar refractivity (Wildman–Crippen MR) is 104 cm³/mol. The van der Waals surface area contributed by atoms with Crippen molar-refractivity contribution in [3.63, 3.8) is 0 Å². The van der Waals surface area contributed by atoms with Gasteiger partial charge in [-0.3, -0.25) is 14.5 Å². The Balaban J connectivity index is 1.90. The maximum Gasteiger partial charge on any atom is 0.232 e. The number of amides is 1. The van der Waals surface area contributed by atoms with E-state index in [0.29, 0.717) is 41.2 Å². The highest BCUT2D eigenvalue weighted by molar-refractivity contribution is 6.31. The number of Topliss-reactive ketones (excluding diaryl/α,β-unsaturated/α-hetero) is 1. The monoisotopic (exact) mass is 403 g/mol. The Kier molecular flexibility index (Phi) is 4.79. The summed E-state index contributed by atoms with van der Waals surface area (Å²) in [6.07, 6.45) is 1.63. The van der Waals surface area contributed by atoms with E-state index in [1.54, 1.807) is 35.2 Å². The topological polar surface area (TPSA) is 37.4 Å². The molecule has 0 bridgehead atoms. The van der Waals surface area contributed by atoms with Crippen LogP contribution in [-0.4, -0.2) is 11.7 Å². The second-order valence-electron chi connectivity index (χ2n) is 6.73. The van der Waals surface area contributed by atoms with Crippen molar-refractivity contribution < 1.29 is 14.0 Å². The van der Waals surface area contributed by atoms with Gasteiger partial charge in [-0.2, -0.15) is 0 Å². The van der Waals surface area contributed by atoms with Crippen LogP contribution in [0.5, 0.6) is 0 Å². The molecular weight excluding hydrogens is 388 g/mol. The summed E-state index contributed by atoms with van der Waals surface area (Å²) in [5, 5.41) is 0.797. The molecule has 0 spiro atoms. The largest absolute Gasteiger partial charge is 0.294 e. The number of ketones is 1. The Hall–Kier alpha value is -2.17. The summed E-state index contributed by atoms with van der Waals surface area (Å²) in [5.41, 5.74) is 2.03. The molecule has 2 aromatic carbocycles. The minimum Gasteiger partial charge on any atom is -0.294 e. The molecule has 6 heteroatoms. The molecule has 0 saturated carbocycles. The van der Waals surface area contributed by atoms with Crippen molar-refractivity contribution in [2.45, 2.75) is 31.6 Å². The molecule has 0 saturated heterocycles. The van der Waals surface area contributed by atoms with Crippen molar-refractivity contribution in [2.24, 2.45) is 0 Å². The maximum atomic E-state index is 14.6. The van der Waals surface area contributed by atoms with Gasteiger partial charge in [0, 0.05) is 51.3 Å². The van der Waals surface area contributed by atoms with E-state index in [9.17, 15) is 14.0 Å². The first-order valence-corrected chi connectivity index (χ1v) is 9.51. The number of benzene rings is 2. The Labute approximate surface area is 166 Å². The summed E-state index contributed by atoms with van der Waals surface area (Å²) in [4.78, 5) is 27.4. The molecule has 2 aromatic rings. The number of carbonyl (C=O) groups excluding carboxylic acids is 2. The predicted octanol–water partition coefficient (Wildman–Crippen LogP) is 5.66. The maximum absolute atomic E-state index is 14.6. The third-order valence-corrected chi connectivity index (χ3v) is 5.69. The quantitative estimate of drug-likeness (QED) is 0.648. The minimum atomic E-state index is -0.655. The number of hydrogen-bond donors (Lipinski definition) is 0. The van der Waals surface area contributed by atoms with Gasteiger partial charge in [-0.25, -0.2) is 4.39 Å². The third-order valence-electron chi connectivity index (χ3n) is 5.11. The van der Waals surface area contributed by atoms with Crippen LogP contribution in [0.4, 0.5) is 10.1 Å². The molecule has 0 N–H and O–H groups in total. The van der Waals surface area contributed by atoms with Gasteiger partial charge in [-0.1, -0.05) is 29.3 Å². The Morgan fingerprint density at radius 1 is 1.00 bits per heavy atom. The number of anilines is 1. The lowest BCUT2D eigenvalue weighted by atomic mass is 9.77. The third kappa shape index (κ3) is 3.17. The molecule has 138 valence electrons. The molecule has 3 nitrogen and oxygen atoms in total. The molecule has 2 aliphatic rings. The van der Waals surface area contributed by atoms with Crippen LogP contribution in [0.3, 0.4) is 0 Å². The highest BCUT2D eigenvalue weighted by Crippen LogP contribution is 2.45. The molecule has 0 radical (unpaired) electrons. The first-order chi connectivity index (χ1) is 13.0. The van der Waals surface area contributed by atoms with Gasteiger partial charge in [0.15, 0.2) is 5.78 Å². The van der Waals surface area contributed by atoms with Crippen molar-refractivity contribution in [2.75, 3.05) is 4.90 Å². The average molecular weight is 404 g/mol. The molecule has 1 aliphatic carbocycles. The Bertz CT molecular complexity index is 948. The van der Waals surface area contributed by atoms with Crippen LogP contribution in [0.15, 0.2) is 53.7 Å². The van der Waals surface area contributed by atoms with Crippen LogP contribution in [0.1, 0.15) is 37.2 Å². The summed E-state index contributed by atoms with van der Waals surface area (Å²) in [6.45, 7) is 0. The van der Waals surface area contributed by atoms with Crippen LogP contribution in [0.25, 0.3) is 0 Å². The van der Waals surface area contributed by atoms with Crippen LogP contribution >= 0.6 is 23.2 Å². The molecule has 1 atom stereocenters. The van der Waals surface area contributed by atoms with Gasteiger partial charge in [-0.15, -0.1) is 0 Å². The number of carbonyl (C=O) groups is 2. The fourth-order valence-electron chi connectivity index (χ4n) is 3.97. The van der Waals surface area contributed by atoms with Gasteiger partial charge in [0.1, 0.15) is 5.82 Å². The smallest absolute Gasteiger partial charge is 0.232 e. The van der Waals surface area contributed by atoms with E-state index in [0.717, 1.165) is 0 Å². The van der Waals surface area contributed by atoms with Crippen LogP contribution < -0.4 is 4.90 Å². The first-order valence-electron chi connectivity index (χ1n) is 8.76. The molecule has 0 aromatic heterocycles. The van der Waals surface area contributed by atoms with Gasteiger partial charge >= 0.3 is 0 Å². The van der Waals surface area contributed by atoms with Gasteiger partial charge in [0.25, 0.3) is 0 Å². The van der Waals surface area contributed by atoms with E-state index in [1.807, 2.05) is 0 Å². The van der Waals surface area contributed by atoms with E-state index in [-0.39, 0.29) is 28.7 Å². The molecule has 1 heterocycles. The lowest BCUT2D eigenvalue weighted by Crippen LogP contribution is -2.40. The van der Waals surface area contributed by atoms with Crippen molar-refractivity contribution in [3.05, 3.63) is 75.2 Å². The van der Waals surface area contributed by atoms with Crippen molar-refractivity contribution >= 4 is 40.6 Å². The summed E-state index contributed by atoms with van der Waals surface area (Å²) in [6, 6.07) is 11.3. The van der Waals surface area contributed by atoms with Gasteiger partial charge in [0.05, 0.1) is 0 Å². The first kappa shape index (κ1) is 18.2. The molecular formula is C21H16Cl2FNO2. The van der Waals surface area contributed by atoms with E-state index < -0.39 is 11.7 Å².